The molecule has 1 N–H and O–H groups in total. The summed E-state index contributed by atoms with van der Waals surface area (Å²) >= 11 is 0. The molecule has 4 heteroatoms. The van der Waals surface area contributed by atoms with E-state index in [1.165, 1.54) is 17.0 Å². The van der Waals surface area contributed by atoms with Crippen molar-refractivity contribution in [1.82, 2.24) is 20.0 Å². The number of piperazine rings is 1. The molecular formula is C14H26N4. The van der Waals surface area contributed by atoms with Gasteiger partial charge in [0.25, 0.3) is 0 Å². The highest BCUT2D eigenvalue weighted by molar-refractivity contribution is 5.28. The normalized spacial score (nSPS) is 27.4. The zero-order chi connectivity index (χ0) is 13.4. The molecule has 4 nitrogen and oxygen atoms in total. The minimum Gasteiger partial charge on any atom is -0.311 e. The summed E-state index contributed by atoms with van der Waals surface area (Å²) in [7, 11) is 2.03. The van der Waals surface area contributed by atoms with Crippen molar-refractivity contribution >= 4 is 0 Å². The third kappa shape index (κ3) is 2.31. The molecule has 1 aliphatic heterocycles. The van der Waals surface area contributed by atoms with Crippen LogP contribution in [-0.4, -0.2) is 39.9 Å². The minimum absolute atomic E-state index is 0.443. The van der Waals surface area contributed by atoms with Gasteiger partial charge in [-0.2, -0.15) is 5.10 Å². The molecule has 1 aliphatic rings. The monoisotopic (exact) mass is 250 g/mol. The fourth-order valence-corrected chi connectivity index (χ4v) is 3.15. The van der Waals surface area contributed by atoms with Crippen LogP contribution in [0.5, 0.6) is 0 Å². The molecule has 0 aliphatic carbocycles. The number of aromatic nitrogens is 2. The molecule has 0 amide bonds. The predicted molar refractivity (Wildman–Crippen MR) is 74.7 cm³/mol. The van der Waals surface area contributed by atoms with Crippen LogP contribution in [0.3, 0.4) is 0 Å². The van der Waals surface area contributed by atoms with Crippen LogP contribution in [0, 0.1) is 13.8 Å². The zero-order valence-electron chi connectivity index (χ0n) is 12.5. The first kappa shape index (κ1) is 13.6. The summed E-state index contributed by atoms with van der Waals surface area (Å²) in [5, 5.41) is 8.08. The van der Waals surface area contributed by atoms with Gasteiger partial charge >= 0.3 is 0 Å². The molecule has 102 valence electrons. The Balaban J connectivity index is 2.27. The average Bonchev–Trinajstić information content (AvgIpc) is 2.56. The quantitative estimate of drug-likeness (QED) is 0.868. The van der Waals surface area contributed by atoms with E-state index in [4.69, 9.17) is 0 Å². The molecule has 3 atom stereocenters. The number of hydrogen-bond donors (Lipinski definition) is 1. The van der Waals surface area contributed by atoms with Crippen molar-refractivity contribution in [2.24, 2.45) is 7.05 Å². The predicted octanol–water partition coefficient (Wildman–Crippen LogP) is 1.78. The van der Waals surface area contributed by atoms with Crippen molar-refractivity contribution in [3.05, 3.63) is 17.0 Å². The summed E-state index contributed by atoms with van der Waals surface area (Å²) in [6.07, 6.45) is 0. The van der Waals surface area contributed by atoms with Crippen LogP contribution < -0.4 is 5.32 Å². The summed E-state index contributed by atoms with van der Waals surface area (Å²) in [5.74, 6) is 0. The van der Waals surface area contributed by atoms with E-state index < -0.39 is 0 Å². The van der Waals surface area contributed by atoms with Gasteiger partial charge in [-0.05, 0) is 34.6 Å². The number of rotatable bonds is 2. The molecule has 0 radical (unpaired) electrons. The Hall–Kier alpha value is -0.870. The van der Waals surface area contributed by atoms with Crippen molar-refractivity contribution in [2.45, 2.75) is 52.7 Å². The van der Waals surface area contributed by atoms with E-state index in [-0.39, 0.29) is 0 Å². The smallest absolute Gasteiger partial charge is 0.0644 e. The second kappa shape index (κ2) is 5.02. The summed E-state index contributed by atoms with van der Waals surface area (Å²) < 4.78 is 2.00. The van der Waals surface area contributed by atoms with Crippen LogP contribution in [-0.2, 0) is 7.05 Å². The summed E-state index contributed by atoms with van der Waals surface area (Å²) in [6.45, 7) is 13.3. The minimum atomic E-state index is 0.443. The van der Waals surface area contributed by atoms with Crippen LogP contribution in [0.4, 0.5) is 0 Å². The van der Waals surface area contributed by atoms with E-state index >= 15 is 0 Å². The molecule has 1 aromatic rings. The molecule has 2 rings (SSSR count). The van der Waals surface area contributed by atoms with E-state index in [1.54, 1.807) is 0 Å². The van der Waals surface area contributed by atoms with E-state index in [0.717, 1.165) is 13.1 Å². The lowest BCUT2D eigenvalue weighted by Crippen LogP contribution is -2.54. The van der Waals surface area contributed by atoms with Crippen LogP contribution in [0.2, 0.25) is 0 Å². The van der Waals surface area contributed by atoms with Gasteiger partial charge in [-0.25, -0.2) is 0 Å². The first-order valence-corrected chi connectivity index (χ1v) is 6.91. The van der Waals surface area contributed by atoms with Crippen LogP contribution >= 0.6 is 0 Å². The second-order valence-corrected chi connectivity index (χ2v) is 5.74. The molecule has 3 unspecified atom stereocenters. The Morgan fingerprint density at radius 3 is 2.56 bits per heavy atom. The van der Waals surface area contributed by atoms with Crippen molar-refractivity contribution in [1.29, 1.82) is 0 Å². The van der Waals surface area contributed by atoms with Crippen LogP contribution in [0.15, 0.2) is 0 Å². The van der Waals surface area contributed by atoms with Crippen molar-refractivity contribution in [3.63, 3.8) is 0 Å². The number of nitrogens with zero attached hydrogens (tertiary/aromatic N) is 3. The van der Waals surface area contributed by atoms with Gasteiger partial charge in [0, 0.05) is 49.5 Å². The Morgan fingerprint density at radius 2 is 2.00 bits per heavy atom. The topological polar surface area (TPSA) is 33.1 Å². The molecule has 0 spiro atoms. The molecule has 1 aromatic heterocycles. The SMILES string of the molecule is Cc1nn(C)c(C)c1C(C)N1CC(C)NCC1C. The van der Waals surface area contributed by atoms with Gasteiger partial charge < -0.3 is 5.32 Å². The molecule has 18 heavy (non-hydrogen) atoms. The molecule has 1 saturated heterocycles. The Bertz CT molecular complexity index is 424. The lowest BCUT2D eigenvalue weighted by molar-refractivity contribution is 0.103. The number of aryl methyl sites for hydroxylation is 2. The average molecular weight is 250 g/mol. The maximum Gasteiger partial charge on any atom is 0.0644 e. The molecule has 0 saturated carbocycles. The van der Waals surface area contributed by atoms with E-state index in [9.17, 15) is 0 Å². The van der Waals surface area contributed by atoms with Gasteiger partial charge in [-0.1, -0.05) is 0 Å². The van der Waals surface area contributed by atoms with E-state index in [1.807, 2.05) is 11.7 Å². The first-order valence-electron chi connectivity index (χ1n) is 6.91. The van der Waals surface area contributed by atoms with Crippen molar-refractivity contribution in [3.8, 4) is 0 Å². The lowest BCUT2D eigenvalue weighted by atomic mass is 10.0. The van der Waals surface area contributed by atoms with Gasteiger partial charge in [-0.15, -0.1) is 0 Å². The molecule has 1 fully saturated rings. The standard InChI is InChI=1S/C14H26N4/c1-9-8-18(10(2)7-15-9)13(5)14-11(3)16-17(6)12(14)4/h9-10,13,15H,7-8H2,1-6H3. The van der Waals surface area contributed by atoms with Gasteiger partial charge in [0.1, 0.15) is 0 Å². The van der Waals surface area contributed by atoms with Crippen LogP contribution in [0.1, 0.15) is 43.8 Å². The number of hydrogen-bond acceptors (Lipinski definition) is 3. The molecule has 0 bridgehead atoms. The van der Waals surface area contributed by atoms with E-state index in [2.05, 4.69) is 49.9 Å². The van der Waals surface area contributed by atoms with Gasteiger partial charge in [-0.3, -0.25) is 9.58 Å². The fourth-order valence-electron chi connectivity index (χ4n) is 3.15. The highest BCUT2D eigenvalue weighted by Crippen LogP contribution is 2.28. The second-order valence-electron chi connectivity index (χ2n) is 5.74. The Labute approximate surface area is 110 Å². The maximum atomic E-state index is 4.54. The van der Waals surface area contributed by atoms with Crippen LogP contribution in [0.25, 0.3) is 0 Å². The third-order valence-corrected chi connectivity index (χ3v) is 4.29. The molecule has 0 aromatic carbocycles. The van der Waals surface area contributed by atoms with Crippen molar-refractivity contribution in [2.75, 3.05) is 13.1 Å². The molecular weight excluding hydrogens is 224 g/mol. The number of nitrogens with one attached hydrogen (secondary N) is 1. The highest BCUT2D eigenvalue weighted by Gasteiger charge is 2.29. The first-order chi connectivity index (χ1) is 8.41. The summed E-state index contributed by atoms with van der Waals surface area (Å²) in [4.78, 5) is 2.60. The third-order valence-electron chi connectivity index (χ3n) is 4.29. The maximum absolute atomic E-state index is 4.54. The Kier molecular flexibility index (Phi) is 3.78. The lowest BCUT2D eigenvalue weighted by Gasteiger charge is -2.41. The summed E-state index contributed by atoms with van der Waals surface area (Å²) in [6, 6.07) is 1.59. The highest BCUT2D eigenvalue weighted by atomic mass is 15.3. The van der Waals surface area contributed by atoms with Gasteiger partial charge in [0.2, 0.25) is 0 Å². The van der Waals surface area contributed by atoms with Crippen molar-refractivity contribution < 1.29 is 0 Å². The largest absolute Gasteiger partial charge is 0.311 e. The summed E-state index contributed by atoms with van der Waals surface area (Å²) in [5.41, 5.74) is 3.86. The fraction of sp³-hybridized carbons (Fsp3) is 0.786. The Morgan fingerprint density at radius 1 is 1.33 bits per heavy atom. The van der Waals surface area contributed by atoms with Gasteiger partial charge in [0.15, 0.2) is 0 Å². The molecule has 2 heterocycles. The zero-order valence-corrected chi connectivity index (χ0v) is 12.5. The van der Waals surface area contributed by atoms with Gasteiger partial charge in [0.05, 0.1) is 5.69 Å². The van der Waals surface area contributed by atoms with E-state index in [0.29, 0.717) is 18.1 Å².